The van der Waals surface area contributed by atoms with Crippen LogP contribution in [0.1, 0.15) is 30.0 Å². The highest BCUT2D eigenvalue weighted by molar-refractivity contribution is 5.93. The van der Waals surface area contributed by atoms with Crippen molar-refractivity contribution in [3.05, 3.63) is 23.5 Å². The number of morpholine rings is 1. The number of methoxy groups -OCH3 is 1. The fraction of sp³-hybridized carbons (Fsp3) is 0.667. The summed E-state index contributed by atoms with van der Waals surface area (Å²) >= 11 is 0. The molecule has 1 aliphatic rings. The van der Waals surface area contributed by atoms with Crippen LogP contribution in [0.4, 0.5) is 0 Å². The molecule has 5 nitrogen and oxygen atoms in total. The summed E-state index contributed by atoms with van der Waals surface area (Å²) in [5.74, 6) is 0.0538. The summed E-state index contributed by atoms with van der Waals surface area (Å²) < 4.78 is 13.0. The van der Waals surface area contributed by atoms with Gasteiger partial charge in [-0.05, 0) is 32.9 Å². The largest absolute Gasteiger partial charge is 0.382 e. The molecular weight excluding hydrogens is 256 g/mol. The molecule has 2 heterocycles. The van der Waals surface area contributed by atoms with Crippen LogP contribution in [-0.2, 0) is 16.5 Å². The van der Waals surface area contributed by atoms with E-state index in [0.717, 1.165) is 11.4 Å². The van der Waals surface area contributed by atoms with E-state index in [9.17, 15) is 4.79 Å². The number of hydrogen-bond donors (Lipinski definition) is 0. The number of carbonyl (C=O) groups is 1. The topological polar surface area (TPSA) is 43.7 Å². The lowest BCUT2D eigenvalue weighted by atomic mass is 10.0. The summed E-state index contributed by atoms with van der Waals surface area (Å²) in [6, 6.07) is 3.84. The molecule has 1 fully saturated rings. The highest BCUT2D eigenvalue weighted by Crippen LogP contribution is 2.23. The summed E-state index contributed by atoms with van der Waals surface area (Å²) in [6.07, 6.45) is -0.0749. The summed E-state index contributed by atoms with van der Waals surface area (Å²) in [6.45, 7) is 7.67. The Hall–Kier alpha value is -1.33. The molecule has 0 radical (unpaired) electrons. The Balaban J connectivity index is 2.18. The van der Waals surface area contributed by atoms with Gasteiger partial charge in [0, 0.05) is 32.9 Å². The van der Waals surface area contributed by atoms with E-state index < -0.39 is 0 Å². The molecule has 1 saturated heterocycles. The lowest BCUT2D eigenvalue weighted by Gasteiger charge is -2.42. The van der Waals surface area contributed by atoms with E-state index >= 15 is 0 Å². The van der Waals surface area contributed by atoms with Crippen molar-refractivity contribution >= 4 is 5.91 Å². The molecule has 2 rings (SSSR count). The van der Waals surface area contributed by atoms with Crippen LogP contribution in [0.5, 0.6) is 0 Å². The molecule has 1 unspecified atom stereocenters. The number of nitrogens with zero attached hydrogens (tertiary/aromatic N) is 2. The SMILES string of the molecule is COCC1CN(C(=O)c2ccc(C)n2C)CC(C)(C)O1. The molecule has 0 N–H and O–H groups in total. The number of hydrogen-bond acceptors (Lipinski definition) is 3. The van der Waals surface area contributed by atoms with Crippen molar-refractivity contribution in [2.45, 2.75) is 32.5 Å². The third-order valence-electron chi connectivity index (χ3n) is 3.71. The predicted molar refractivity (Wildman–Crippen MR) is 76.9 cm³/mol. The average Bonchev–Trinajstić information content (AvgIpc) is 2.68. The van der Waals surface area contributed by atoms with E-state index in [1.807, 2.05) is 49.4 Å². The van der Waals surface area contributed by atoms with Crippen molar-refractivity contribution in [1.82, 2.24) is 9.47 Å². The van der Waals surface area contributed by atoms with Gasteiger partial charge in [-0.1, -0.05) is 0 Å². The van der Waals surface area contributed by atoms with Crippen molar-refractivity contribution in [1.29, 1.82) is 0 Å². The molecule has 0 aromatic carbocycles. The van der Waals surface area contributed by atoms with E-state index in [1.165, 1.54) is 0 Å². The van der Waals surface area contributed by atoms with E-state index in [1.54, 1.807) is 7.11 Å². The summed E-state index contributed by atoms with van der Waals surface area (Å²) in [4.78, 5) is 14.5. The third-order valence-corrected chi connectivity index (χ3v) is 3.71. The third kappa shape index (κ3) is 3.04. The molecule has 0 bridgehead atoms. The zero-order chi connectivity index (χ0) is 14.9. The summed E-state index contributed by atoms with van der Waals surface area (Å²) in [7, 11) is 3.57. The summed E-state index contributed by atoms with van der Waals surface area (Å²) in [5, 5.41) is 0. The molecule has 112 valence electrons. The van der Waals surface area contributed by atoms with Crippen LogP contribution in [0, 0.1) is 6.92 Å². The smallest absolute Gasteiger partial charge is 0.270 e. The van der Waals surface area contributed by atoms with Crippen LogP contribution >= 0.6 is 0 Å². The molecule has 1 aromatic rings. The van der Waals surface area contributed by atoms with Gasteiger partial charge < -0.3 is 18.9 Å². The molecule has 1 atom stereocenters. The molecule has 1 amide bonds. The Morgan fingerprint density at radius 2 is 2.20 bits per heavy atom. The second-order valence-electron chi connectivity index (χ2n) is 6.06. The van der Waals surface area contributed by atoms with Gasteiger partial charge in [0.25, 0.3) is 5.91 Å². The van der Waals surface area contributed by atoms with Crippen molar-refractivity contribution in [3.63, 3.8) is 0 Å². The van der Waals surface area contributed by atoms with Crippen molar-refractivity contribution in [3.8, 4) is 0 Å². The second kappa shape index (κ2) is 5.58. The minimum absolute atomic E-state index is 0.0538. The van der Waals surface area contributed by atoms with Crippen LogP contribution < -0.4 is 0 Å². The first-order chi connectivity index (χ1) is 9.34. The number of rotatable bonds is 3. The maximum absolute atomic E-state index is 12.7. The van der Waals surface area contributed by atoms with E-state index in [4.69, 9.17) is 9.47 Å². The first-order valence-electron chi connectivity index (χ1n) is 6.92. The standard InChI is InChI=1S/C15H24N2O3/c1-11-6-7-13(16(11)4)14(18)17-8-12(9-19-5)20-15(2,3)10-17/h6-7,12H,8-10H2,1-5H3. The maximum atomic E-state index is 12.7. The lowest BCUT2D eigenvalue weighted by molar-refractivity contribution is -0.143. The van der Waals surface area contributed by atoms with Gasteiger partial charge in [0.2, 0.25) is 0 Å². The van der Waals surface area contributed by atoms with Gasteiger partial charge in [-0.3, -0.25) is 4.79 Å². The van der Waals surface area contributed by atoms with Crippen LogP contribution in [0.3, 0.4) is 0 Å². The molecule has 0 saturated carbocycles. The van der Waals surface area contributed by atoms with Crippen molar-refractivity contribution < 1.29 is 14.3 Å². The Labute approximate surface area is 120 Å². The van der Waals surface area contributed by atoms with Crippen LogP contribution in [0.25, 0.3) is 0 Å². The molecule has 5 heteroatoms. The van der Waals surface area contributed by atoms with Crippen molar-refractivity contribution in [2.75, 3.05) is 26.8 Å². The highest BCUT2D eigenvalue weighted by atomic mass is 16.5. The minimum atomic E-state index is -0.350. The van der Waals surface area contributed by atoms with Gasteiger partial charge in [-0.25, -0.2) is 0 Å². The van der Waals surface area contributed by atoms with Gasteiger partial charge in [0.15, 0.2) is 0 Å². The van der Waals surface area contributed by atoms with Gasteiger partial charge in [-0.2, -0.15) is 0 Å². The van der Waals surface area contributed by atoms with Crippen LogP contribution in [-0.4, -0.2) is 53.9 Å². The molecule has 20 heavy (non-hydrogen) atoms. The van der Waals surface area contributed by atoms with Gasteiger partial charge in [0.05, 0.1) is 18.3 Å². The Kier molecular flexibility index (Phi) is 4.20. The van der Waals surface area contributed by atoms with Gasteiger partial charge in [-0.15, -0.1) is 0 Å². The Morgan fingerprint density at radius 3 is 2.75 bits per heavy atom. The van der Waals surface area contributed by atoms with Crippen LogP contribution in [0.2, 0.25) is 0 Å². The maximum Gasteiger partial charge on any atom is 0.270 e. The number of amides is 1. The normalized spacial score (nSPS) is 22.1. The minimum Gasteiger partial charge on any atom is -0.382 e. The molecule has 1 aliphatic heterocycles. The van der Waals surface area contributed by atoms with Crippen molar-refractivity contribution in [2.24, 2.45) is 7.05 Å². The fourth-order valence-corrected chi connectivity index (χ4v) is 2.71. The summed E-state index contributed by atoms with van der Waals surface area (Å²) in [5.41, 5.74) is 1.45. The monoisotopic (exact) mass is 280 g/mol. The highest BCUT2D eigenvalue weighted by Gasteiger charge is 2.36. The van der Waals surface area contributed by atoms with Gasteiger partial charge in [0.1, 0.15) is 5.69 Å². The first kappa shape index (κ1) is 15.1. The molecule has 0 aliphatic carbocycles. The van der Waals surface area contributed by atoms with E-state index in [-0.39, 0.29) is 17.6 Å². The number of aryl methyl sites for hydroxylation is 1. The zero-order valence-corrected chi connectivity index (χ0v) is 13.0. The van der Waals surface area contributed by atoms with Gasteiger partial charge >= 0.3 is 0 Å². The number of aromatic nitrogens is 1. The first-order valence-corrected chi connectivity index (χ1v) is 6.92. The van der Waals surface area contributed by atoms with Crippen LogP contribution in [0.15, 0.2) is 12.1 Å². The molecule has 0 spiro atoms. The lowest BCUT2D eigenvalue weighted by Crippen LogP contribution is -2.55. The quantitative estimate of drug-likeness (QED) is 0.844. The zero-order valence-electron chi connectivity index (χ0n) is 13.0. The number of ether oxygens (including phenoxy) is 2. The van der Waals surface area contributed by atoms with E-state index in [0.29, 0.717) is 19.7 Å². The second-order valence-corrected chi connectivity index (χ2v) is 6.06. The molecule has 1 aromatic heterocycles. The Morgan fingerprint density at radius 1 is 1.50 bits per heavy atom. The Bertz CT molecular complexity index is 493. The fourth-order valence-electron chi connectivity index (χ4n) is 2.71. The van der Waals surface area contributed by atoms with E-state index in [2.05, 4.69) is 0 Å². The molecular formula is C15H24N2O3. The number of carbonyl (C=O) groups excluding carboxylic acids is 1. The average molecular weight is 280 g/mol. The predicted octanol–water partition coefficient (Wildman–Crippen LogP) is 1.60.